The molecule has 0 unspecified atom stereocenters. The Labute approximate surface area is 137 Å². The number of amides is 2. The molecule has 0 saturated carbocycles. The lowest BCUT2D eigenvalue weighted by molar-refractivity contribution is -0.116. The predicted molar refractivity (Wildman–Crippen MR) is 87.4 cm³/mol. The molecule has 0 radical (unpaired) electrons. The van der Waals surface area contributed by atoms with Crippen molar-refractivity contribution in [3.63, 3.8) is 0 Å². The van der Waals surface area contributed by atoms with E-state index in [0.717, 1.165) is 11.0 Å². The van der Waals surface area contributed by atoms with E-state index in [1.807, 2.05) is 31.2 Å². The zero-order valence-electron chi connectivity index (χ0n) is 13.4. The maximum absolute atomic E-state index is 12.3. The van der Waals surface area contributed by atoms with Crippen LogP contribution in [0.15, 0.2) is 30.5 Å². The molecule has 0 aliphatic carbocycles. The second kappa shape index (κ2) is 6.49. The Morgan fingerprint density at radius 2 is 2.04 bits per heavy atom. The Balaban J connectivity index is 1.80. The van der Waals surface area contributed by atoms with Gasteiger partial charge in [0.25, 0.3) is 5.91 Å². The molecule has 2 N–H and O–H groups in total. The van der Waals surface area contributed by atoms with E-state index in [1.54, 1.807) is 10.9 Å². The van der Waals surface area contributed by atoms with Gasteiger partial charge in [0.05, 0.1) is 11.2 Å². The van der Waals surface area contributed by atoms with Crippen molar-refractivity contribution in [1.29, 1.82) is 0 Å². The summed E-state index contributed by atoms with van der Waals surface area (Å²) in [6, 6.07) is 7.38. The fourth-order valence-electron chi connectivity index (χ4n) is 2.32. The van der Waals surface area contributed by atoms with Crippen molar-refractivity contribution in [3.8, 4) is 0 Å². The van der Waals surface area contributed by atoms with Gasteiger partial charge >= 0.3 is 0 Å². The van der Waals surface area contributed by atoms with E-state index in [9.17, 15) is 9.59 Å². The van der Waals surface area contributed by atoms with Gasteiger partial charge in [-0.05, 0) is 19.1 Å². The van der Waals surface area contributed by atoms with Gasteiger partial charge in [0.1, 0.15) is 12.1 Å². The molecule has 2 amide bonds. The van der Waals surface area contributed by atoms with Crippen molar-refractivity contribution >= 4 is 28.5 Å². The summed E-state index contributed by atoms with van der Waals surface area (Å²) in [5.41, 5.74) is 2.03. The highest BCUT2D eigenvalue weighted by Crippen LogP contribution is 2.15. The van der Waals surface area contributed by atoms with E-state index in [2.05, 4.69) is 26.0 Å². The van der Waals surface area contributed by atoms with Crippen LogP contribution in [-0.2, 0) is 17.9 Å². The van der Waals surface area contributed by atoms with Crippen molar-refractivity contribution in [3.05, 3.63) is 36.2 Å². The van der Waals surface area contributed by atoms with Crippen molar-refractivity contribution in [2.24, 2.45) is 0 Å². The van der Waals surface area contributed by atoms with Crippen LogP contribution < -0.4 is 10.6 Å². The second-order valence-corrected chi connectivity index (χ2v) is 5.11. The Kier molecular flexibility index (Phi) is 4.23. The van der Waals surface area contributed by atoms with Crippen LogP contribution in [0, 0.1) is 0 Å². The van der Waals surface area contributed by atoms with Crippen LogP contribution in [0.4, 0.5) is 5.69 Å². The van der Waals surface area contributed by atoms with Gasteiger partial charge in [-0.25, -0.2) is 4.68 Å². The molecule has 124 valence electrons. The molecule has 0 aliphatic rings. The maximum Gasteiger partial charge on any atom is 0.273 e. The van der Waals surface area contributed by atoms with Crippen molar-refractivity contribution < 1.29 is 9.59 Å². The molecule has 0 atom stereocenters. The highest BCUT2D eigenvalue weighted by atomic mass is 16.2. The first-order valence-corrected chi connectivity index (χ1v) is 7.50. The summed E-state index contributed by atoms with van der Waals surface area (Å²) in [5.74, 6) is -0.671. The first kappa shape index (κ1) is 15.7. The topological polar surface area (TPSA) is 107 Å². The van der Waals surface area contributed by atoms with Gasteiger partial charge in [0, 0.05) is 19.8 Å². The largest absolute Gasteiger partial charge is 0.354 e. The van der Waals surface area contributed by atoms with Crippen molar-refractivity contribution in [1.82, 2.24) is 30.1 Å². The lowest BCUT2D eigenvalue weighted by Gasteiger charge is -2.05. The summed E-state index contributed by atoms with van der Waals surface area (Å²) in [6.07, 6.45) is 1.63. The number of nitrogens with zero attached hydrogens (tertiary/aromatic N) is 5. The number of benzene rings is 1. The molecule has 0 spiro atoms. The first-order valence-electron chi connectivity index (χ1n) is 7.50. The molecule has 9 heteroatoms. The third-order valence-corrected chi connectivity index (χ3v) is 3.52. The number of fused-ring (bicyclic) bond motifs is 1. The van der Waals surface area contributed by atoms with Crippen LogP contribution >= 0.6 is 0 Å². The van der Waals surface area contributed by atoms with Gasteiger partial charge in [-0.1, -0.05) is 17.3 Å². The number of carbonyl (C=O) groups is 2. The zero-order chi connectivity index (χ0) is 17.1. The van der Waals surface area contributed by atoms with Gasteiger partial charge in [-0.2, -0.15) is 5.10 Å². The van der Waals surface area contributed by atoms with Crippen LogP contribution in [0.5, 0.6) is 0 Å². The molecule has 0 saturated heterocycles. The first-order chi connectivity index (χ1) is 11.6. The smallest absolute Gasteiger partial charge is 0.273 e. The Bertz CT molecular complexity index is 896. The fourth-order valence-corrected chi connectivity index (χ4v) is 2.32. The van der Waals surface area contributed by atoms with Crippen molar-refractivity contribution in [2.45, 2.75) is 20.0 Å². The average molecular weight is 327 g/mol. The molecule has 9 nitrogen and oxygen atoms in total. The van der Waals surface area contributed by atoms with Crippen LogP contribution in [0.2, 0.25) is 0 Å². The minimum Gasteiger partial charge on any atom is -0.354 e. The summed E-state index contributed by atoms with van der Waals surface area (Å²) in [4.78, 5) is 24.2. The summed E-state index contributed by atoms with van der Waals surface area (Å²) in [7, 11) is 1.51. The van der Waals surface area contributed by atoms with Gasteiger partial charge in [-0.15, -0.1) is 5.10 Å². The molecule has 1 aromatic carbocycles. The molecule has 0 bridgehead atoms. The Morgan fingerprint density at radius 1 is 1.25 bits per heavy atom. The number of hydrogen-bond donors (Lipinski definition) is 2. The quantitative estimate of drug-likeness (QED) is 0.715. The molecule has 24 heavy (non-hydrogen) atoms. The minimum absolute atomic E-state index is 0.00893. The summed E-state index contributed by atoms with van der Waals surface area (Å²) >= 11 is 0. The van der Waals surface area contributed by atoms with E-state index in [-0.39, 0.29) is 24.1 Å². The summed E-state index contributed by atoms with van der Waals surface area (Å²) < 4.78 is 3.10. The van der Waals surface area contributed by atoms with Gasteiger partial charge in [-0.3, -0.25) is 14.3 Å². The van der Waals surface area contributed by atoms with E-state index >= 15 is 0 Å². The number of nitrogens with one attached hydrogen (secondary N) is 2. The van der Waals surface area contributed by atoms with Crippen LogP contribution in [-0.4, -0.2) is 43.6 Å². The highest BCUT2D eigenvalue weighted by molar-refractivity contribution is 6.02. The monoisotopic (exact) mass is 327 g/mol. The lowest BCUT2D eigenvalue weighted by atomic mass is 10.3. The Hall–Kier alpha value is -3.23. The molecule has 0 aliphatic heterocycles. The number of rotatable bonds is 5. The minimum atomic E-state index is -0.358. The van der Waals surface area contributed by atoms with E-state index in [1.165, 1.54) is 11.7 Å². The van der Waals surface area contributed by atoms with E-state index < -0.39 is 0 Å². The van der Waals surface area contributed by atoms with Crippen molar-refractivity contribution in [2.75, 3.05) is 12.4 Å². The van der Waals surface area contributed by atoms with Gasteiger partial charge in [0.15, 0.2) is 5.69 Å². The molecule has 3 rings (SSSR count). The van der Waals surface area contributed by atoms with E-state index in [4.69, 9.17) is 0 Å². The second-order valence-electron chi connectivity index (χ2n) is 5.11. The summed E-state index contributed by atoms with van der Waals surface area (Å²) in [6.45, 7) is 2.48. The SMILES string of the molecule is CCn1cc(NC(=O)Cn2nnc3ccccc32)c(C(=O)NC)n1. The number of anilines is 1. The highest BCUT2D eigenvalue weighted by Gasteiger charge is 2.18. The fraction of sp³-hybridized carbons (Fsp3) is 0.267. The Morgan fingerprint density at radius 3 is 2.79 bits per heavy atom. The molecule has 0 fully saturated rings. The molecular weight excluding hydrogens is 310 g/mol. The molecule has 2 heterocycles. The third kappa shape index (κ3) is 2.96. The van der Waals surface area contributed by atoms with Crippen LogP contribution in [0.25, 0.3) is 11.0 Å². The van der Waals surface area contributed by atoms with Gasteiger partial charge < -0.3 is 10.6 Å². The zero-order valence-corrected chi connectivity index (χ0v) is 13.4. The van der Waals surface area contributed by atoms with Crippen LogP contribution in [0.3, 0.4) is 0 Å². The lowest BCUT2D eigenvalue weighted by Crippen LogP contribution is -2.23. The number of hydrogen-bond acceptors (Lipinski definition) is 5. The average Bonchev–Trinajstić information content (AvgIpc) is 3.18. The normalized spacial score (nSPS) is 10.8. The number of para-hydroxylation sites is 1. The standard InChI is InChI=1S/C15H17N7O2/c1-3-21-8-11(14(19-21)15(24)16-2)17-13(23)9-22-12-7-5-4-6-10(12)18-20-22/h4-8H,3,9H2,1-2H3,(H,16,24)(H,17,23). The van der Waals surface area contributed by atoms with E-state index in [0.29, 0.717) is 12.2 Å². The third-order valence-electron chi connectivity index (χ3n) is 3.52. The molecular formula is C15H17N7O2. The maximum atomic E-state index is 12.3. The predicted octanol–water partition coefficient (Wildman–Crippen LogP) is 0.646. The molecule has 3 aromatic rings. The number of aryl methyl sites for hydroxylation is 1. The summed E-state index contributed by atoms with van der Waals surface area (Å²) in [5, 5.41) is 17.4. The number of carbonyl (C=O) groups excluding carboxylic acids is 2. The number of aromatic nitrogens is 5. The van der Waals surface area contributed by atoms with Gasteiger partial charge in [0.2, 0.25) is 5.91 Å². The molecule has 2 aromatic heterocycles. The van der Waals surface area contributed by atoms with Crippen LogP contribution in [0.1, 0.15) is 17.4 Å².